The highest BCUT2D eigenvalue weighted by Gasteiger charge is 2.25. The summed E-state index contributed by atoms with van der Waals surface area (Å²) in [5, 5.41) is 13.2. The van der Waals surface area contributed by atoms with Crippen molar-refractivity contribution in [1.29, 1.82) is 5.26 Å². The molecule has 0 aliphatic heterocycles. The van der Waals surface area contributed by atoms with Crippen molar-refractivity contribution in [2.75, 3.05) is 12.4 Å². The molecule has 1 N–H and O–H groups in total. The Bertz CT molecular complexity index is 1520. The van der Waals surface area contributed by atoms with Gasteiger partial charge in [0, 0.05) is 27.9 Å². The monoisotopic (exact) mass is 521 g/mol. The Balaban J connectivity index is 1.47. The van der Waals surface area contributed by atoms with E-state index < -0.39 is 0 Å². The lowest BCUT2D eigenvalue weighted by Gasteiger charge is -2.14. The summed E-state index contributed by atoms with van der Waals surface area (Å²) in [5.74, 6) is 0.956. The molecule has 3 aromatic carbocycles. The van der Waals surface area contributed by atoms with Gasteiger partial charge in [-0.05, 0) is 61.6 Å². The van der Waals surface area contributed by atoms with Crippen LogP contribution in [0.15, 0.2) is 77.8 Å². The number of carbonyl (C=O) groups is 1. The molecule has 1 aromatic heterocycles. The third kappa shape index (κ3) is 5.46. The largest absolute Gasteiger partial charge is 0.493 e. The van der Waals surface area contributed by atoms with Crippen LogP contribution in [0, 0.1) is 11.3 Å². The van der Waals surface area contributed by atoms with Crippen molar-refractivity contribution >= 4 is 34.1 Å². The Hall–Kier alpha value is -4.41. The van der Waals surface area contributed by atoms with Crippen LogP contribution in [-0.2, 0) is 19.4 Å². The number of carbonyl (C=O) groups excluding carboxylic acids is 1. The molecule has 1 heterocycles. The van der Waals surface area contributed by atoms with Crippen molar-refractivity contribution in [3.05, 3.63) is 105 Å². The summed E-state index contributed by atoms with van der Waals surface area (Å²) in [4.78, 5) is 19.5. The number of para-hydroxylation sites is 2. The van der Waals surface area contributed by atoms with Crippen LogP contribution in [0.5, 0.6) is 11.5 Å². The number of nitrogens with one attached hydrogen (secondary N) is 1. The molecule has 0 unspecified atom stereocenters. The average Bonchev–Trinajstić information content (AvgIpc) is 3.34. The van der Waals surface area contributed by atoms with Crippen molar-refractivity contribution in [1.82, 2.24) is 0 Å². The lowest BCUT2D eigenvalue weighted by atomic mass is 9.95. The van der Waals surface area contributed by atoms with E-state index in [1.165, 1.54) is 4.88 Å². The molecule has 190 valence electrons. The second-order valence-electron chi connectivity index (χ2n) is 8.91. The van der Waals surface area contributed by atoms with Gasteiger partial charge in [-0.2, -0.15) is 5.26 Å². The van der Waals surface area contributed by atoms with Crippen molar-refractivity contribution in [2.24, 2.45) is 4.99 Å². The molecule has 1 aliphatic carbocycles. The van der Waals surface area contributed by atoms with Crippen LogP contribution in [0.25, 0.3) is 0 Å². The average molecular weight is 522 g/mol. The number of anilines is 1. The topological polar surface area (TPSA) is 83.7 Å². The Kier molecular flexibility index (Phi) is 7.81. The number of benzene rings is 3. The zero-order chi connectivity index (χ0) is 26.3. The summed E-state index contributed by atoms with van der Waals surface area (Å²) < 4.78 is 11.7. The van der Waals surface area contributed by atoms with Gasteiger partial charge < -0.3 is 14.8 Å². The zero-order valence-corrected chi connectivity index (χ0v) is 21.9. The van der Waals surface area contributed by atoms with Crippen LogP contribution in [-0.4, -0.2) is 19.2 Å². The maximum absolute atomic E-state index is 13.4. The van der Waals surface area contributed by atoms with E-state index in [1.54, 1.807) is 30.7 Å². The highest BCUT2D eigenvalue weighted by atomic mass is 32.1. The SMILES string of the molecule is COc1cccc(C=Nc2sc3c(c2C(=O)Nc2ccccc2)CCCC3)c1OCc1ccccc1C#N. The molecule has 5 rings (SSSR count). The highest BCUT2D eigenvalue weighted by Crippen LogP contribution is 2.41. The van der Waals surface area contributed by atoms with E-state index in [0.29, 0.717) is 27.6 Å². The smallest absolute Gasteiger partial charge is 0.259 e. The second-order valence-corrected chi connectivity index (χ2v) is 9.99. The number of ether oxygens (including phenoxy) is 2. The Morgan fingerprint density at radius 2 is 1.84 bits per heavy atom. The van der Waals surface area contributed by atoms with Crippen LogP contribution < -0.4 is 14.8 Å². The van der Waals surface area contributed by atoms with Crippen LogP contribution >= 0.6 is 11.3 Å². The molecule has 6 nitrogen and oxygen atoms in total. The number of thiophene rings is 1. The number of hydrogen-bond donors (Lipinski definition) is 1. The van der Waals surface area contributed by atoms with Crippen LogP contribution in [0.4, 0.5) is 10.7 Å². The fourth-order valence-corrected chi connectivity index (χ4v) is 5.81. The first-order valence-electron chi connectivity index (χ1n) is 12.5. The molecule has 1 aliphatic rings. The first-order chi connectivity index (χ1) is 18.7. The molecule has 7 heteroatoms. The van der Waals surface area contributed by atoms with Crippen molar-refractivity contribution in [3.8, 4) is 17.6 Å². The van der Waals surface area contributed by atoms with Gasteiger partial charge in [0.2, 0.25) is 0 Å². The Labute approximate surface area is 226 Å². The maximum Gasteiger partial charge on any atom is 0.259 e. The minimum absolute atomic E-state index is 0.141. The molecule has 0 spiro atoms. The number of nitrogens with zero attached hydrogens (tertiary/aromatic N) is 2. The number of aryl methyl sites for hydroxylation is 1. The zero-order valence-electron chi connectivity index (χ0n) is 21.1. The van der Waals surface area contributed by atoms with E-state index in [4.69, 9.17) is 14.5 Å². The van der Waals surface area contributed by atoms with E-state index >= 15 is 0 Å². The highest BCUT2D eigenvalue weighted by molar-refractivity contribution is 7.16. The second kappa shape index (κ2) is 11.8. The molecule has 1 amide bonds. The molecule has 0 radical (unpaired) electrons. The summed E-state index contributed by atoms with van der Waals surface area (Å²) in [6.45, 7) is 0.211. The summed E-state index contributed by atoms with van der Waals surface area (Å²) >= 11 is 1.58. The van der Waals surface area contributed by atoms with Gasteiger partial charge in [-0.3, -0.25) is 4.79 Å². The molecule has 0 atom stereocenters. The van der Waals surface area contributed by atoms with E-state index in [9.17, 15) is 10.1 Å². The number of rotatable bonds is 8. The minimum atomic E-state index is -0.141. The first kappa shape index (κ1) is 25.2. The predicted molar refractivity (Wildman–Crippen MR) is 151 cm³/mol. The van der Waals surface area contributed by atoms with Gasteiger partial charge in [0.25, 0.3) is 5.91 Å². The molecule has 38 heavy (non-hydrogen) atoms. The van der Waals surface area contributed by atoms with Gasteiger partial charge in [0.05, 0.1) is 24.3 Å². The third-order valence-electron chi connectivity index (χ3n) is 6.47. The quantitative estimate of drug-likeness (QED) is 0.251. The summed E-state index contributed by atoms with van der Waals surface area (Å²) in [5.41, 5.74) is 4.59. The Morgan fingerprint density at radius 1 is 1.05 bits per heavy atom. The van der Waals surface area contributed by atoms with Crippen molar-refractivity contribution in [3.63, 3.8) is 0 Å². The van der Waals surface area contributed by atoms with Gasteiger partial charge in [-0.1, -0.05) is 42.5 Å². The lowest BCUT2D eigenvalue weighted by Crippen LogP contribution is -2.14. The number of nitriles is 1. The van der Waals surface area contributed by atoms with E-state index in [1.807, 2.05) is 66.7 Å². The molecular formula is C31H27N3O3S. The van der Waals surface area contributed by atoms with E-state index in [0.717, 1.165) is 48.1 Å². The summed E-state index contributed by atoms with van der Waals surface area (Å²) in [6, 6.07) is 24.6. The lowest BCUT2D eigenvalue weighted by molar-refractivity contribution is 0.102. The Morgan fingerprint density at radius 3 is 2.66 bits per heavy atom. The third-order valence-corrected chi connectivity index (χ3v) is 7.67. The number of fused-ring (bicyclic) bond motifs is 1. The van der Waals surface area contributed by atoms with Crippen molar-refractivity contribution in [2.45, 2.75) is 32.3 Å². The standard InChI is InChI=1S/C31H27N3O3S/c1-36-26-16-9-12-22(29(26)37-20-23-11-6-5-10-21(23)18-32)19-33-31-28(25-15-7-8-17-27(25)38-31)30(35)34-24-13-3-2-4-14-24/h2-6,9-14,16,19H,7-8,15,17,20H2,1H3,(H,34,35). The number of aliphatic imine (C=N–C) groups is 1. The van der Waals surface area contributed by atoms with Gasteiger partial charge in [-0.25, -0.2) is 4.99 Å². The normalized spacial score (nSPS) is 12.5. The minimum Gasteiger partial charge on any atom is -0.493 e. The molecule has 4 aromatic rings. The molecule has 0 saturated carbocycles. The van der Waals surface area contributed by atoms with Gasteiger partial charge in [0.1, 0.15) is 11.6 Å². The predicted octanol–water partition coefficient (Wildman–Crippen LogP) is 7.09. The molecular weight excluding hydrogens is 494 g/mol. The molecule has 0 fully saturated rings. The molecule has 0 bridgehead atoms. The first-order valence-corrected chi connectivity index (χ1v) is 13.3. The summed E-state index contributed by atoms with van der Waals surface area (Å²) in [7, 11) is 1.59. The number of amides is 1. The van der Waals surface area contributed by atoms with Gasteiger partial charge in [0.15, 0.2) is 11.5 Å². The van der Waals surface area contributed by atoms with Gasteiger partial charge in [-0.15, -0.1) is 11.3 Å². The maximum atomic E-state index is 13.4. The van der Waals surface area contributed by atoms with Crippen LogP contribution in [0.2, 0.25) is 0 Å². The van der Waals surface area contributed by atoms with E-state index in [-0.39, 0.29) is 12.5 Å². The fourth-order valence-electron chi connectivity index (χ4n) is 4.57. The number of methoxy groups -OCH3 is 1. The van der Waals surface area contributed by atoms with Crippen molar-refractivity contribution < 1.29 is 14.3 Å². The van der Waals surface area contributed by atoms with Crippen LogP contribution in [0.1, 0.15) is 50.3 Å². The fraction of sp³-hybridized carbons (Fsp3) is 0.194. The summed E-state index contributed by atoms with van der Waals surface area (Å²) in [6.07, 6.45) is 5.76. The van der Waals surface area contributed by atoms with E-state index in [2.05, 4.69) is 11.4 Å². The van der Waals surface area contributed by atoms with Crippen LogP contribution in [0.3, 0.4) is 0 Å². The molecule has 0 saturated heterocycles. The number of hydrogen-bond acceptors (Lipinski definition) is 6. The van der Waals surface area contributed by atoms with Gasteiger partial charge >= 0.3 is 0 Å².